The normalized spacial score (nSPS) is 19.4. The summed E-state index contributed by atoms with van der Waals surface area (Å²) >= 11 is 1.60. The number of H-pyrrole nitrogens is 1. The summed E-state index contributed by atoms with van der Waals surface area (Å²) in [5.74, 6) is 2.30. The van der Waals surface area contributed by atoms with Gasteiger partial charge >= 0.3 is 0 Å². The fraction of sp³-hybridized carbons (Fsp3) is 0.350. The van der Waals surface area contributed by atoms with Gasteiger partial charge in [0.1, 0.15) is 5.69 Å². The van der Waals surface area contributed by atoms with Gasteiger partial charge < -0.3 is 19.4 Å². The van der Waals surface area contributed by atoms with Gasteiger partial charge in [-0.25, -0.2) is 0 Å². The number of amidine groups is 1. The van der Waals surface area contributed by atoms with Crippen LogP contribution in [0, 0.1) is 0 Å². The van der Waals surface area contributed by atoms with Crippen molar-refractivity contribution in [3.05, 3.63) is 47.3 Å². The topological polar surface area (TPSA) is 91.3 Å². The molecule has 5 rings (SSSR count). The quantitative estimate of drug-likeness (QED) is 0.807. The molecule has 1 saturated heterocycles. The Morgan fingerprint density at radius 3 is 2.90 bits per heavy atom. The molecule has 1 aromatic heterocycles. The predicted octanol–water partition coefficient (Wildman–Crippen LogP) is 2.58. The van der Waals surface area contributed by atoms with Gasteiger partial charge in [0.25, 0.3) is 5.91 Å². The van der Waals surface area contributed by atoms with Crippen LogP contribution in [0.15, 0.2) is 40.6 Å². The fourth-order valence-electron chi connectivity index (χ4n) is 3.52. The number of thioether (sulfide) groups is 1. The van der Waals surface area contributed by atoms with Crippen LogP contribution >= 0.6 is 11.8 Å². The number of fused-ring (bicyclic) bond motifs is 1. The second-order valence-electron chi connectivity index (χ2n) is 7.07. The van der Waals surface area contributed by atoms with Crippen molar-refractivity contribution in [3.8, 4) is 11.5 Å². The van der Waals surface area contributed by atoms with E-state index >= 15 is 0 Å². The summed E-state index contributed by atoms with van der Waals surface area (Å²) in [6.45, 7) is 2.49. The Labute approximate surface area is 172 Å². The van der Waals surface area contributed by atoms with E-state index in [4.69, 9.17) is 9.47 Å². The number of hydrazone groups is 1. The third-order valence-electron chi connectivity index (χ3n) is 5.11. The summed E-state index contributed by atoms with van der Waals surface area (Å²) in [7, 11) is 0. The van der Waals surface area contributed by atoms with Crippen LogP contribution in [0.25, 0.3) is 0 Å². The van der Waals surface area contributed by atoms with Crippen LogP contribution < -0.4 is 14.9 Å². The lowest BCUT2D eigenvalue weighted by molar-refractivity contribution is 0.0787. The van der Waals surface area contributed by atoms with Gasteiger partial charge in [-0.1, -0.05) is 17.8 Å². The van der Waals surface area contributed by atoms with Gasteiger partial charge in [-0.3, -0.25) is 15.2 Å². The van der Waals surface area contributed by atoms with Gasteiger partial charge in [0.15, 0.2) is 16.7 Å². The van der Waals surface area contributed by atoms with Crippen molar-refractivity contribution in [1.82, 2.24) is 15.3 Å². The number of hydrogen-bond acceptors (Lipinski definition) is 6. The fourth-order valence-corrected chi connectivity index (χ4v) is 4.29. The Balaban J connectivity index is 1.21. The zero-order valence-corrected chi connectivity index (χ0v) is 16.6. The first kappa shape index (κ1) is 18.1. The summed E-state index contributed by atoms with van der Waals surface area (Å²) < 4.78 is 10.7. The molecule has 1 fully saturated rings. The number of hydrogen-bond donors (Lipinski definition) is 2. The van der Waals surface area contributed by atoms with Crippen LogP contribution in [0.5, 0.6) is 11.5 Å². The van der Waals surface area contributed by atoms with Crippen molar-refractivity contribution in [2.75, 3.05) is 25.6 Å². The van der Waals surface area contributed by atoms with Crippen molar-refractivity contribution in [2.24, 2.45) is 10.1 Å². The molecule has 0 spiro atoms. The van der Waals surface area contributed by atoms with Crippen molar-refractivity contribution < 1.29 is 14.3 Å². The number of benzene rings is 1. The number of amides is 1. The molecule has 1 aromatic carbocycles. The number of rotatable bonds is 4. The minimum absolute atomic E-state index is 0.0664. The Bertz CT molecular complexity index is 994. The maximum atomic E-state index is 12.5. The number of ether oxygens (including phenoxy) is 2. The molecule has 0 unspecified atom stereocenters. The Morgan fingerprint density at radius 1 is 1.21 bits per heavy atom. The highest BCUT2D eigenvalue weighted by Crippen LogP contribution is 2.32. The second kappa shape index (κ2) is 7.82. The molecule has 1 amide bonds. The lowest BCUT2D eigenvalue weighted by atomic mass is 10.2. The smallest absolute Gasteiger partial charge is 0.270 e. The van der Waals surface area contributed by atoms with E-state index in [1.54, 1.807) is 11.8 Å². The van der Waals surface area contributed by atoms with Crippen LogP contribution in [-0.4, -0.2) is 52.3 Å². The van der Waals surface area contributed by atoms with Crippen molar-refractivity contribution in [2.45, 2.75) is 19.4 Å². The van der Waals surface area contributed by atoms with Gasteiger partial charge in [-0.15, -0.1) is 0 Å². The number of carbonyl (C=O) groups excluding carboxylic acids is 1. The third-order valence-corrected chi connectivity index (χ3v) is 6.03. The van der Waals surface area contributed by atoms with Gasteiger partial charge in [-0.2, -0.15) is 5.10 Å². The Morgan fingerprint density at radius 2 is 2.07 bits per heavy atom. The molecule has 2 aromatic rings. The SMILES string of the molecule is O=C(c1cc(C2=NNC(=NCc3ccc4c(c3)OCO4)SC2)c[nH]1)N1CCCC1. The first-order chi connectivity index (χ1) is 14.3. The molecule has 4 heterocycles. The van der Waals surface area contributed by atoms with Crippen LogP contribution in [0.1, 0.15) is 34.5 Å². The van der Waals surface area contributed by atoms with Gasteiger partial charge in [0.05, 0.1) is 12.3 Å². The highest BCUT2D eigenvalue weighted by Gasteiger charge is 2.22. The molecule has 8 nitrogen and oxygen atoms in total. The highest BCUT2D eigenvalue weighted by molar-refractivity contribution is 8.14. The monoisotopic (exact) mass is 411 g/mol. The third kappa shape index (κ3) is 3.82. The lowest BCUT2D eigenvalue weighted by Gasteiger charge is -2.14. The lowest BCUT2D eigenvalue weighted by Crippen LogP contribution is -2.28. The van der Waals surface area contributed by atoms with Crippen molar-refractivity contribution in [1.29, 1.82) is 0 Å². The summed E-state index contributed by atoms with van der Waals surface area (Å²) in [4.78, 5) is 22.1. The molecule has 0 saturated carbocycles. The Kier molecular flexibility index (Phi) is 4.89. The van der Waals surface area contributed by atoms with E-state index < -0.39 is 0 Å². The molecule has 0 bridgehead atoms. The van der Waals surface area contributed by atoms with Gasteiger partial charge in [-0.05, 0) is 36.6 Å². The number of nitrogens with zero attached hydrogens (tertiary/aromatic N) is 3. The van der Waals surface area contributed by atoms with Gasteiger partial charge in [0, 0.05) is 30.6 Å². The molecule has 0 aliphatic carbocycles. The minimum Gasteiger partial charge on any atom is -0.454 e. The number of carbonyl (C=O) groups is 1. The van der Waals surface area contributed by atoms with Crippen LogP contribution in [0.2, 0.25) is 0 Å². The van der Waals surface area contributed by atoms with Crippen molar-refractivity contribution >= 4 is 28.5 Å². The largest absolute Gasteiger partial charge is 0.454 e. The Hall–Kier alpha value is -2.94. The van der Waals surface area contributed by atoms with E-state index in [0.717, 1.165) is 59.4 Å². The average molecular weight is 411 g/mol. The summed E-state index contributed by atoms with van der Waals surface area (Å²) in [5.41, 5.74) is 6.52. The van der Waals surface area contributed by atoms with Crippen LogP contribution in [0.4, 0.5) is 0 Å². The van der Waals surface area contributed by atoms with Crippen molar-refractivity contribution in [3.63, 3.8) is 0 Å². The number of aromatic amines is 1. The van der Waals surface area contributed by atoms with Gasteiger partial charge in [0.2, 0.25) is 6.79 Å². The zero-order valence-electron chi connectivity index (χ0n) is 15.8. The summed E-state index contributed by atoms with van der Waals surface area (Å²) in [6, 6.07) is 7.73. The number of nitrogens with one attached hydrogen (secondary N) is 2. The summed E-state index contributed by atoms with van der Waals surface area (Å²) in [6.07, 6.45) is 4.01. The average Bonchev–Trinajstić information content (AvgIpc) is 3.53. The predicted molar refractivity (Wildman–Crippen MR) is 112 cm³/mol. The maximum Gasteiger partial charge on any atom is 0.270 e. The molecule has 2 N–H and O–H groups in total. The standard InChI is InChI=1S/C20H21N5O3S/c26-19(25-5-1-2-6-25)15-8-14(10-21-15)16-11-29-20(24-23-16)22-9-13-3-4-17-18(7-13)28-12-27-17/h3-4,7-8,10,21H,1-2,5-6,9,11-12H2,(H,22,24). The van der Waals surface area contributed by atoms with E-state index in [1.807, 2.05) is 35.4 Å². The van der Waals surface area contributed by atoms with E-state index in [1.165, 1.54) is 0 Å². The molecule has 3 aliphatic rings. The number of aliphatic imine (C=N–C) groups is 1. The summed E-state index contributed by atoms with van der Waals surface area (Å²) in [5, 5.41) is 5.22. The highest BCUT2D eigenvalue weighted by atomic mass is 32.2. The second-order valence-corrected chi connectivity index (χ2v) is 8.03. The van der Waals surface area contributed by atoms with E-state index in [9.17, 15) is 4.79 Å². The van der Waals surface area contributed by atoms with Crippen LogP contribution in [0.3, 0.4) is 0 Å². The van der Waals surface area contributed by atoms with Crippen LogP contribution in [-0.2, 0) is 6.54 Å². The maximum absolute atomic E-state index is 12.5. The molecule has 0 atom stereocenters. The molecular weight excluding hydrogens is 390 g/mol. The molecule has 29 heavy (non-hydrogen) atoms. The molecule has 9 heteroatoms. The molecule has 0 radical (unpaired) electrons. The molecule has 3 aliphatic heterocycles. The molecular formula is C20H21N5O3S. The zero-order chi connectivity index (χ0) is 19.6. The van der Waals surface area contributed by atoms with E-state index in [2.05, 4.69) is 20.5 Å². The number of aromatic nitrogens is 1. The minimum atomic E-state index is 0.0664. The molecule has 150 valence electrons. The first-order valence-corrected chi connectivity index (χ1v) is 10.6. The number of likely N-dealkylation sites (tertiary alicyclic amines) is 1. The first-order valence-electron chi connectivity index (χ1n) is 9.63. The van der Waals surface area contributed by atoms with E-state index in [0.29, 0.717) is 18.0 Å². The van der Waals surface area contributed by atoms with E-state index in [-0.39, 0.29) is 12.7 Å².